The predicted molar refractivity (Wildman–Crippen MR) is 148 cm³/mol. The normalized spacial score (nSPS) is 19.8. The first-order valence-corrected chi connectivity index (χ1v) is 14.8. The lowest BCUT2D eigenvalue weighted by atomic mass is 9.83. The number of rotatable bonds is 5. The molecule has 1 aromatic heterocycles. The number of carbonyl (C=O) groups excluding carboxylic acids is 1. The number of thioether (sulfide) groups is 1. The Morgan fingerprint density at radius 1 is 1.14 bits per heavy atom. The van der Waals surface area contributed by atoms with Crippen molar-refractivity contribution in [3.8, 4) is 17.0 Å². The standard InChI is InChI=1S/C30H40N2O4S/c1-29(2,3)36-28(33)32-14-12-30(13-15-32)11-8-25-18-24(5-7-27(25)35-30)26-6-4-23(19-31-26)21-37-20-22-9-16-34-17-10-22/h4-7,18-19,22H,8-17,20-21H2,1-3H3. The molecule has 0 N–H and O–H groups in total. The van der Waals surface area contributed by atoms with Crippen LogP contribution in [0.2, 0.25) is 0 Å². The Morgan fingerprint density at radius 3 is 2.62 bits per heavy atom. The number of nitrogens with zero attached hydrogens (tertiary/aromatic N) is 2. The van der Waals surface area contributed by atoms with Crippen molar-refractivity contribution in [3.63, 3.8) is 0 Å². The van der Waals surface area contributed by atoms with Crippen LogP contribution in [0.1, 0.15) is 64.0 Å². The third kappa shape index (κ3) is 6.80. The highest BCUT2D eigenvalue weighted by Gasteiger charge is 2.41. The zero-order valence-electron chi connectivity index (χ0n) is 22.5. The molecule has 3 aliphatic rings. The van der Waals surface area contributed by atoms with Gasteiger partial charge >= 0.3 is 6.09 Å². The van der Waals surface area contributed by atoms with Gasteiger partial charge in [-0.25, -0.2) is 4.79 Å². The summed E-state index contributed by atoms with van der Waals surface area (Å²) in [5.41, 5.74) is 4.02. The van der Waals surface area contributed by atoms with E-state index in [1.54, 1.807) is 0 Å². The maximum atomic E-state index is 12.4. The zero-order chi connectivity index (χ0) is 25.9. The quantitative estimate of drug-likeness (QED) is 0.445. The molecule has 7 heteroatoms. The van der Waals surface area contributed by atoms with Gasteiger partial charge in [-0.3, -0.25) is 4.98 Å². The first-order valence-electron chi connectivity index (χ1n) is 13.7. The number of benzene rings is 1. The van der Waals surface area contributed by atoms with Gasteiger partial charge in [-0.2, -0.15) is 11.8 Å². The van der Waals surface area contributed by atoms with E-state index in [9.17, 15) is 4.79 Å². The van der Waals surface area contributed by atoms with E-state index in [-0.39, 0.29) is 11.7 Å². The highest BCUT2D eigenvalue weighted by atomic mass is 32.2. The minimum absolute atomic E-state index is 0.185. The summed E-state index contributed by atoms with van der Waals surface area (Å²) < 4.78 is 17.6. The van der Waals surface area contributed by atoms with Crippen molar-refractivity contribution in [2.75, 3.05) is 32.1 Å². The maximum Gasteiger partial charge on any atom is 0.410 e. The third-order valence-electron chi connectivity index (χ3n) is 7.65. The molecule has 2 fully saturated rings. The van der Waals surface area contributed by atoms with Gasteiger partial charge in [0.05, 0.1) is 5.69 Å². The molecule has 1 spiro atoms. The molecule has 6 nitrogen and oxygen atoms in total. The Labute approximate surface area is 225 Å². The molecule has 2 saturated heterocycles. The second-order valence-electron chi connectivity index (χ2n) is 11.7. The van der Waals surface area contributed by atoms with Crippen molar-refractivity contribution in [2.24, 2.45) is 5.92 Å². The molecule has 4 heterocycles. The minimum atomic E-state index is -0.469. The molecular weight excluding hydrogens is 484 g/mol. The molecule has 0 saturated carbocycles. The summed E-state index contributed by atoms with van der Waals surface area (Å²) in [4.78, 5) is 19.0. The minimum Gasteiger partial charge on any atom is -0.487 e. The van der Waals surface area contributed by atoms with Crippen LogP contribution in [0.25, 0.3) is 11.3 Å². The number of piperidine rings is 1. The Hall–Kier alpha value is -2.25. The topological polar surface area (TPSA) is 60.9 Å². The van der Waals surface area contributed by atoms with E-state index in [2.05, 4.69) is 30.3 Å². The number of amides is 1. The molecule has 0 radical (unpaired) electrons. The molecule has 1 aromatic carbocycles. The van der Waals surface area contributed by atoms with Gasteiger partial charge in [-0.1, -0.05) is 6.07 Å². The van der Waals surface area contributed by atoms with Crippen molar-refractivity contribution in [3.05, 3.63) is 47.7 Å². The molecule has 0 bridgehead atoms. The smallest absolute Gasteiger partial charge is 0.410 e. The van der Waals surface area contributed by atoms with Crippen molar-refractivity contribution in [1.29, 1.82) is 0 Å². The Balaban J connectivity index is 1.15. The Morgan fingerprint density at radius 2 is 1.92 bits per heavy atom. The van der Waals surface area contributed by atoms with E-state index in [1.165, 1.54) is 29.7 Å². The summed E-state index contributed by atoms with van der Waals surface area (Å²) in [6.45, 7) is 8.90. The van der Waals surface area contributed by atoms with Crippen molar-refractivity contribution >= 4 is 17.9 Å². The average Bonchev–Trinajstić information content (AvgIpc) is 2.89. The van der Waals surface area contributed by atoms with E-state index in [0.29, 0.717) is 13.1 Å². The fraction of sp³-hybridized carbons (Fsp3) is 0.600. The van der Waals surface area contributed by atoms with Crippen LogP contribution in [0.15, 0.2) is 36.5 Å². The summed E-state index contributed by atoms with van der Waals surface area (Å²) in [5.74, 6) is 3.98. The van der Waals surface area contributed by atoms with E-state index >= 15 is 0 Å². The Kier molecular flexibility index (Phi) is 8.01. The average molecular weight is 525 g/mol. The van der Waals surface area contributed by atoms with Gasteiger partial charge in [0.25, 0.3) is 0 Å². The van der Waals surface area contributed by atoms with Crippen LogP contribution in [-0.2, 0) is 21.6 Å². The predicted octanol–water partition coefficient (Wildman–Crippen LogP) is 6.50. The van der Waals surface area contributed by atoms with Crippen LogP contribution in [-0.4, -0.2) is 59.2 Å². The molecule has 5 rings (SSSR count). The number of fused-ring (bicyclic) bond motifs is 1. The molecular formula is C30H40N2O4S. The van der Waals surface area contributed by atoms with E-state index in [4.69, 9.17) is 19.2 Å². The monoisotopic (exact) mass is 524 g/mol. The number of aryl methyl sites for hydroxylation is 1. The second kappa shape index (κ2) is 11.2. The van der Waals surface area contributed by atoms with Crippen LogP contribution in [0.3, 0.4) is 0 Å². The molecule has 37 heavy (non-hydrogen) atoms. The fourth-order valence-corrected chi connectivity index (χ4v) is 6.58. The second-order valence-corrected chi connectivity index (χ2v) is 12.7. The molecule has 0 atom stereocenters. The number of carbonyl (C=O) groups is 1. The van der Waals surface area contributed by atoms with Crippen LogP contribution in [0, 0.1) is 5.92 Å². The molecule has 3 aliphatic heterocycles. The van der Waals surface area contributed by atoms with Gasteiger partial charge < -0.3 is 19.1 Å². The summed E-state index contributed by atoms with van der Waals surface area (Å²) >= 11 is 2.01. The van der Waals surface area contributed by atoms with Crippen molar-refractivity contribution in [1.82, 2.24) is 9.88 Å². The number of hydrogen-bond donors (Lipinski definition) is 0. The summed E-state index contributed by atoms with van der Waals surface area (Å²) in [6, 6.07) is 10.8. The molecule has 2 aromatic rings. The number of ether oxygens (including phenoxy) is 3. The number of aromatic nitrogens is 1. The molecule has 0 aliphatic carbocycles. The first-order chi connectivity index (χ1) is 17.8. The lowest BCUT2D eigenvalue weighted by molar-refractivity contribution is -0.0272. The van der Waals surface area contributed by atoms with E-state index in [0.717, 1.165) is 67.6 Å². The van der Waals surface area contributed by atoms with Gasteiger partial charge in [0, 0.05) is 56.7 Å². The van der Waals surface area contributed by atoms with Crippen LogP contribution in [0.5, 0.6) is 5.75 Å². The third-order valence-corrected chi connectivity index (χ3v) is 8.89. The van der Waals surface area contributed by atoms with Crippen molar-refractivity contribution in [2.45, 2.75) is 76.3 Å². The molecule has 1 amide bonds. The Bertz CT molecular complexity index is 1070. The zero-order valence-corrected chi connectivity index (χ0v) is 23.3. The van der Waals surface area contributed by atoms with Crippen LogP contribution >= 0.6 is 11.8 Å². The number of pyridine rings is 1. The lowest BCUT2D eigenvalue weighted by Gasteiger charge is -2.44. The molecule has 0 unspecified atom stereocenters. The fourth-order valence-electron chi connectivity index (χ4n) is 5.39. The SMILES string of the molecule is CC(C)(C)OC(=O)N1CCC2(CCc3cc(-c4ccc(CSCC5CCOCC5)cn4)ccc3O2)CC1. The van der Waals surface area contributed by atoms with E-state index < -0.39 is 5.60 Å². The van der Waals surface area contributed by atoms with Gasteiger partial charge in [0.1, 0.15) is 17.0 Å². The van der Waals surface area contributed by atoms with Crippen LogP contribution in [0.4, 0.5) is 4.79 Å². The number of hydrogen-bond acceptors (Lipinski definition) is 6. The van der Waals surface area contributed by atoms with E-state index in [1.807, 2.05) is 43.6 Å². The largest absolute Gasteiger partial charge is 0.487 e. The van der Waals surface area contributed by atoms with Gasteiger partial charge in [-0.15, -0.1) is 0 Å². The highest BCUT2D eigenvalue weighted by molar-refractivity contribution is 7.98. The highest BCUT2D eigenvalue weighted by Crippen LogP contribution is 2.41. The molecule has 200 valence electrons. The van der Waals surface area contributed by atoms with Gasteiger partial charge in [0.2, 0.25) is 0 Å². The van der Waals surface area contributed by atoms with Gasteiger partial charge in [0.15, 0.2) is 0 Å². The number of likely N-dealkylation sites (tertiary alicyclic amines) is 1. The van der Waals surface area contributed by atoms with Crippen molar-refractivity contribution < 1.29 is 19.0 Å². The summed E-state index contributed by atoms with van der Waals surface area (Å²) in [6.07, 6.45) is 7.82. The summed E-state index contributed by atoms with van der Waals surface area (Å²) in [5, 5.41) is 0. The lowest BCUT2D eigenvalue weighted by Crippen LogP contribution is -2.52. The summed E-state index contributed by atoms with van der Waals surface area (Å²) in [7, 11) is 0. The maximum absolute atomic E-state index is 12.4. The van der Waals surface area contributed by atoms with Crippen LogP contribution < -0.4 is 4.74 Å². The first kappa shape index (κ1) is 26.4. The van der Waals surface area contributed by atoms with Gasteiger partial charge in [-0.05, 0) is 93.5 Å².